The van der Waals surface area contributed by atoms with Crippen LogP contribution in [0.5, 0.6) is 0 Å². The number of rotatable bonds is 10. The molecule has 0 radical (unpaired) electrons. The topological polar surface area (TPSA) is 111 Å². The number of carbonyl (C=O) groups excluding carboxylic acids is 2. The minimum Gasteiger partial charge on any atom is -0.381 e. The second-order valence-electron chi connectivity index (χ2n) is 12.1. The van der Waals surface area contributed by atoms with Crippen molar-refractivity contribution < 1.29 is 31.9 Å². The van der Waals surface area contributed by atoms with Crippen molar-refractivity contribution in [1.82, 2.24) is 20.1 Å². The fourth-order valence-electron chi connectivity index (χ4n) is 6.48. The summed E-state index contributed by atoms with van der Waals surface area (Å²) >= 11 is 0. The van der Waals surface area contributed by atoms with Crippen LogP contribution in [0.2, 0.25) is 0 Å². The van der Waals surface area contributed by atoms with E-state index in [-0.39, 0.29) is 58.5 Å². The highest BCUT2D eigenvalue weighted by Crippen LogP contribution is 2.33. The predicted molar refractivity (Wildman–Crippen MR) is 160 cm³/mol. The summed E-state index contributed by atoms with van der Waals surface area (Å²) in [7, 11) is 0. The van der Waals surface area contributed by atoms with E-state index in [1.807, 2.05) is 6.07 Å². The third-order valence-electron chi connectivity index (χ3n) is 8.82. The fraction of sp³-hybridized carbons (Fsp3) is 0.500. The summed E-state index contributed by atoms with van der Waals surface area (Å²) < 4.78 is 58.1. The van der Waals surface area contributed by atoms with Gasteiger partial charge in [-0.1, -0.05) is 12.1 Å². The van der Waals surface area contributed by atoms with Gasteiger partial charge in [0.05, 0.1) is 29.7 Å². The molecule has 0 bridgehead atoms. The summed E-state index contributed by atoms with van der Waals surface area (Å²) in [5.74, 6) is -0.322. The number of carbonyl (C=O) groups is 2. The number of alkyl halides is 3. The lowest BCUT2D eigenvalue weighted by molar-refractivity contribution is -0.137. The molecule has 4 heterocycles. The van der Waals surface area contributed by atoms with Gasteiger partial charge in [0.25, 0.3) is 5.91 Å². The fourth-order valence-corrected chi connectivity index (χ4v) is 6.48. The van der Waals surface area contributed by atoms with Crippen LogP contribution in [0, 0.1) is 29.0 Å². The molecule has 9 nitrogen and oxygen atoms in total. The zero-order valence-corrected chi connectivity index (χ0v) is 25.3. The number of pyridine rings is 1. The standard InChI is InChI=1S/C32H38F4N6O3/c1-19(37)29(20(2)39-28-7-6-25(13-38-28)32(34,35)36)31(44)42-16-23-14-41(15-24(23)17-42)10-8-27(21-4-3-5-26(33)12-21)40-30(43)22-9-11-45-18-22/h3-7,12-13,22-24,27,37H,8-11,14-18H2,1-2H3,(H,38,39)(H,40,43)/b29-20+,37-19?/t22?,23?,24?,27-/m0/s1. The molecule has 2 amide bonds. The van der Waals surface area contributed by atoms with E-state index in [0.717, 1.165) is 30.9 Å². The number of amides is 2. The zero-order valence-electron chi connectivity index (χ0n) is 25.3. The van der Waals surface area contributed by atoms with Gasteiger partial charge in [0.15, 0.2) is 0 Å². The summed E-state index contributed by atoms with van der Waals surface area (Å²) in [5, 5.41) is 14.2. The van der Waals surface area contributed by atoms with Crippen LogP contribution >= 0.6 is 0 Å². The van der Waals surface area contributed by atoms with Gasteiger partial charge in [0.2, 0.25) is 5.91 Å². The minimum absolute atomic E-state index is 0.0465. The number of hydrogen-bond acceptors (Lipinski definition) is 7. The van der Waals surface area contributed by atoms with Crippen molar-refractivity contribution in [2.45, 2.75) is 38.9 Å². The predicted octanol–water partition coefficient (Wildman–Crippen LogP) is 4.64. The van der Waals surface area contributed by atoms with E-state index in [1.54, 1.807) is 17.9 Å². The SMILES string of the molecule is CC(=N)/C(C(=O)N1CC2CN(CC[C@H](NC(=O)C3CCOC3)c3cccc(F)c3)CC2C1)=C(/C)Nc1ccc(C(F)(F)F)cn1. The van der Waals surface area contributed by atoms with Crippen molar-refractivity contribution in [3.8, 4) is 0 Å². The Kier molecular flexibility index (Phi) is 9.88. The van der Waals surface area contributed by atoms with Crippen LogP contribution in [-0.2, 0) is 20.5 Å². The first-order chi connectivity index (χ1) is 21.4. The Morgan fingerprint density at radius 3 is 2.42 bits per heavy atom. The number of benzene rings is 1. The maximum absolute atomic E-state index is 14.0. The normalized spacial score (nSPS) is 23.0. The molecule has 13 heteroatoms. The van der Waals surface area contributed by atoms with Crippen molar-refractivity contribution in [2.24, 2.45) is 17.8 Å². The molecule has 3 aliphatic heterocycles. The minimum atomic E-state index is -4.50. The van der Waals surface area contributed by atoms with E-state index < -0.39 is 11.7 Å². The van der Waals surface area contributed by atoms with Gasteiger partial charge >= 0.3 is 6.18 Å². The molecule has 2 aromatic rings. The van der Waals surface area contributed by atoms with Crippen LogP contribution in [0.25, 0.3) is 0 Å². The summed E-state index contributed by atoms with van der Waals surface area (Å²) in [4.78, 5) is 34.3. The van der Waals surface area contributed by atoms with Crippen LogP contribution < -0.4 is 10.6 Å². The maximum Gasteiger partial charge on any atom is 0.417 e. The number of nitrogens with zero attached hydrogens (tertiary/aromatic N) is 3. The molecule has 1 aromatic heterocycles. The lowest BCUT2D eigenvalue weighted by atomic mass is 10.0. The molecule has 5 rings (SSSR count). The number of likely N-dealkylation sites (tertiary alicyclic amines) is 2. The third kappa shape index (κ3) is 7.88. The van der Waals surface area contributed by atoms with Gasteiger partial charge in [-0.2, -0.15) is 13.2 Å². The Morgan fingerprint density at radius 2 is 1.84 bits per heavy atom. The summed E-state index contributed by atoms with van der Waals surface area (Å²) in [5.41, 5.74) is 0.392. The van der Waals surface area contributed by atoms with Crippen LogP contribution in [0.1, 0.15) is 43.9 Å². The van der Waals surface area contributed by atoms with Gasteiger partial charge in [-0.05, 0) is 68.4 Å². The highest BCUT2D eigenvalue weighted by atomic mass is 19.4. The highest BCUT2D eigenvalue weighted by molar-refractivity contribution is 6.20. The Balaban J connectivity index is 1.18. The van der Waals surface area contributed by atoms with Crippen molar-refractivity contribution in [3.63, 3.8) is 0 Å². The number of hydrogen-bond donors (Lipinski definition) is 3. The third-order valence-corrected chi connectivity index (χ3v) is 8.82. The van der Waals surface area contributed by atoms with Crippen molar-refractivity contribution in [1.29, 1.82) is 5.41 Å². The van der Waals surface area contributed by atoms with E-state index >= 15 is 0 Å². The van der Waals surface area contributed by atoms with Gasteiger partial charge in [0, 0.05) is 56.9 Å². The molecule has 3 N–H and O–H groups in total. The average molecular weight is 631 g/mol. The van der Waals surface area contributed by atoms with Crippen LogP contribution in [-0.4, -0.2) is 78.2 Å². The van der Waals surface area contributed by atoms with Crippen molar-refractivity contribution in [3.05, 3.63) is 70.8 Å². The first-order valence-corrected chi connectivity index (χ1v) is 15.1. The second kappa shape index (κ2) is 13.7. The van der Waals surface area contributed by atoms with Crippen LogP contribution in [0.3, 0.4) is 0 Å². The largest absolute Gasteiger partial charge is 0.417 e. The van der Waals surface area contributed by atoms with E-state index in [4.69, 9.17) is 10.1 Å². The number of allylic oxidation sites excluding steroid dienone is 1. The molecule has 0 saturated carbocycles. The number of anilines is 1. The van der Waals surface area contributed by atoms with Crippen LogP contribution in [0.15, 0.2) is 53.9 Å². The highest BCUT2D eigenvalue weighted by Gasteiger charge is 2.42. The maximum atomic E-state index is 14.0. The van der Waals surface area contributed by atoms with Crippen molar-refractivity contribution >= 4 is 23.3 Å². The Hall–Kier alpha value is -3.84. The van der Waals surface area contributed by atoms with E-state index in [9.17, 15) is 27.2 Å². The number of ether oxygens (including phenoxy) is 1. The average Bonchev–Trinajstić information content (AvgIpc) is 3.72. The number of nitrogens with one attached hydrogen (secondary N) is 3. The molecular weight excluding hydrogens is 592 g/mol. The summed E-state index contributed by atoms with van der Waals surface area (Å²) in [6.07, 6.45) is -2.51. The number of aromatic nitrogens is 1. The monoisotopic (exact) mass is 630 g/mol. The number of fused-ring (bicyclic) bond motifs is 1. The van der Waals surface area contributed by atoms with E-state index in [1.165, 1.54) is 25.1 Å². The van der Waals surface area contributed by atoms with E-state index in [0.29, 0.717) is 51.4 Å². The van der Waals surface area contributed by atoms with Gasteiger partial charge < -0.3 is 30.6 Å². The van der Waals surface area contributed by atoms with Gasteiger partial charge in [-0.3, -0.25) is 9.59 Å². The quantitative estimate of drug-likeness (QED) is 0.201. The smallest absolute Gasteiger partial charge is 0.381 e. The molecule has 0 spiro atoms. The van der Waals surface area contributed by atoms with Gasteiger partial charge in [0.1, 0.15) is 11.6 Å². The molecule has 3 aliphatic rings. The molecule has 242 valence electrons. The Labute approximate surface area is 259 Å². The second-order valence-corrected chi connectivity index (χ2v) is 12.1. The summed E-state index contributed by atoms with van der Waals surface area (Å²) in [6.45, 7) is 7.33. The molecule has 3 saturated heterocycles. The van der Waals surface area contributed by atoms with E-state index in [2.05, 4.69) is 20.5 Å². The molecule has 3 fully saturated rings. The van der Waals surface area contributed by atoms with Crippen molar-refractivity contribution in [2.75, 3.05) is 51.3 Å². The summed E-state index contributed by atoms with van der Waals surface area (Å²) in [6, 6.07) is 8.06. The first kappa shape index (κ1) is 32.6. The molecule has 0 aliphatic carbocycles. The van der Waals surface area contributed by atoms with Gasteiger partial charge in [-0.25, -0.2) is 9.37 Å². The molecule has 4 atom stereocenters. The number of halogens is 4. The zero-order chi connectivity index (χ0) is 32.3. The lowest BCUT2D eigenvalue weighted by Gasteiger charge is -2.26. The Morgan fingerprint density at radius 1 is 1.11 bits per heavy atom. The first-order valence-electron chi connectivity index (χ1n) is 15.1. The van der Waals surface area contributed by atoms with Crippen LogP contribution in [0.4, 0.5) is 23.4 Å². The molecular formula is C32H38F4N6O3. The molecule has 3 unspecified atom stereocenters. The molecule has 1 aromatic carbocycles. The lowest BCUT2D eigenvalue weighted by Crippen LogP contribution is -2.38. The molecule has 45 heavy (non-hydrogen) atoms. The Bertz CT molecular complexity index is 1430. The van der Waals surface area contributed by atoms with Gasteiger partial charge in [-0.15, -0.1) is 0 Å².